The molecule has 2 aromatic rings. The van der Waals surface area contributed by atoms with Crippen LogP contribution in [0.2, 0.25) is 0 Å². The van der Waals surface area contributed by atoms with E-state index >= 15 is 0 Å². The molecule has 0 unspecified atom stereocenters. The number of sulfone groups is 1. The van der Waals surface area contributed by atoms with Crippen molar-refractivity contribution in [2.24, 2.45) is 4.99 Å². The highest BCUT2D eigenvalue weighted by Crippen LogP contribution is 2.11. The summed E-state index contributed by atoms with van der Waals surface area (Å²) in [5.41, 5.74) is 2.25. The van der Waals surface area contributed by atoms with E-state index < -0.39 is 9.84 Å². The summed E-state index contributed by atoms with van der Waals surface area (Å²) in [4.78, 5) is 9.46. The van der Waals surface area contributed by atoms with Gasteiger partial charge in [0.25, 0.3) is 0 Å². The second-order valence-corrected chi connectivity index (χ2v) is 9.43. The van der Waals surface area contributed by atoms with Crippen LogP contribution in [-0.4, -0.2) is 70.2 Å². The summed E-state index contributed by atoms with van der Waals surface area (Å²) in [5.74, 6) is 0.877. The standard InChI is InChI=1S/C23H30N4O2S/c1-24-23(25-19-21-10-12-22(13-11-21)30(2,28)29)27-17-15-26(16-18-27)14-6-9-20-7-4-3-5-8-20/h3-13H,14-19H2,1-2H3,(H,24,25)/b9-6+. The molecule has 0 aromatic heterocycles. The van der Waals surface area contributed by atoms with Crippen LogP contribution in [0.1, 0.15) is 11.1 Å². The molecule has 160 valence electrons. The normalized spacial score (nSPS) is 16.2. The van der Waals surface area contributed by atoms with E-state index in [9.17, 15) is 8.42 Å². The molecule has 1 aliphatic heterocycles. The largest absolute Gasteiger partial charge is 0.352 e. The van der Waals surface area contributed by atoms with E-state index in [-0.39, 0.29) is 0 Å². The Bertz CT molecular complexity index is 962. The first kappa shape index (κ1) is 22.1. The van der Waals surface area contributed by atoms with Crippen LogP contribution in [0, 0.1) is 0 Å². The fraction of sp³-hybridized carbons (Fsp3) is 0.348. The third kappa shape index (κ3) is 6.43. The first-order valence-electron chi connectivity index (χ1n) is 10.1. The highest BCUT2D eigenvalue weighted by atomic mass is 32.2. The van der Waals surface area contributed by atoms with Crippen LogP contribution in [0.3, 0.4) is 0 Å². The molecule has 6 nitrogen and oxygen atoms in total. The molecule has 0 saturated carbocycles. The van der Waals surface area contributed by atoms with E-state index in [1.54, 1.807) is 19.2 Å². The predicted octanol–water partition coefficient (Wildman–Crippen LogP) is 2.50. The third-order valence-corrected chi connectivity index (χ3v) is 6.29. The number of guanidine groups is 1. The molecule has 1 aliphatic rings. The molecule has 30 heavy (non-hydrogen) atoms. The zero-order valence-corrected chi connectivity index (χ0v) is 18.5. The van der Waals surface area contributed by atoms with Gasteiger partial charge in [0.05, 0.1) is 4.90 Å². The minimum atomic E-state index is -3.16. The van der Waals surface area contributed by atoms with Crippen LogP contribution in [0.4, 0.5) is 0 Å². The van der Waals surface area contributed by atoms with Gasteiger partial charge in [-0.3, -0.25) is 9.89 Å². The summed E-state index contributed by atoms with van der Waals surface area (Å²) in [6.07, 6.45) is 5.61. The van der Waals surface area contributed by atoms with Crippen molar-refractivity contribution in [3.8, 4) is 0 Å². The van der Waals surface area contributed by atoms with Gasteiger partial charge in [-0.1, -0.05) is 54.6 Å². The van der Waals surface area contributed by atoms with Crippen LogP contribution < -0.4 is 5.32 Å². The lowest BCUT2D eigenvalue weighted by Crippen LogP contribution is -2.52. The molecule has 1 saturated heterocycles. The van der Waals surface area contributed by atoms with Gasteiger partial charge in [-0.2, -0.15) is 0 Å². The number of piperazine rings is 1. The monoisotopic (exact) mass is 426 g/mol. The van der Waals surface area contributed by atoms with Crippen molar-refractivity contribution in [3.05, 3.63) is 71.8 Å². The SMILES string of the molecule is CN=C(NCc1ccc(S(C)(=O)=O)cc1)N1CCN(C/C=C/c2ccccc2)CC1. The van der Waals surface area contributed by atoms with Crippen molar-refractivity contribution in [1.82, 2.24) is 15.1 Å². The predicted molar refractivity (Wildman–Crippen MR) is 123 cm³/mol. The fourth-order valence-corrected chi connectivity index (χ4v) is 4.04. The Balaban J connectivity index is 1.45. The second kappa shape index (κ2) is 10.4. The van der Waals surface area contributed by atoms with Crippen LogP contribution in [0.15, 0.2) is 70.6 Å². The van der Waals surface area contributed by atoms with Crippen molar-refractivity contribution in [2.45, 2.75) is 11.4 Å². The van der Waals surface area contributed by atoms with E-state index in [4.69, 9.17) is 0 Å². The molecule has 3 rings (SSSR count). The first-order chi connectivity index (χ1) is 14.5. The lowest BCUT2D eigenvalue weighted by Gasteiger charge is -2.36. The molecule has 1 N–H and O–H groups in total. The Morgan fingerprint density at radius 1 is 1.03 bits per heavy atom. The van der Waals surface area contributed by atoms with Gasteiger partial charge >= 0.3 is 0 Å². The van der Waals surface area contributed by atoms with Gasteiger partial charge in [0.2, 0.25) is 0 Å². The lowest BCUT2D eigenvalue weighted by molar-refractivity contribution is 0.194. The summed E-state index contributed by atoms with van der Waals surface area (Å²) in [6.45, 7) is 5.38. The number of nitrogens with zero attached hydrogens (tertiary/aromatic N) is 3. The topological polar surface area (TPSA) is 65.0 Å². The van der Waals surface area contributed by atoms with Gasteiger partial charge < -0.3 is 10.2 Å². The highest BCUT2D eigenvalue weighted by molar-refractivity contribution is 7.90. The molecule has 0 spiro atoms. The Morgan fingerprint density at radius 3 is 2.30 bits per heavy atom. The van der Waals surface area contributed by atoms with Crippen LogP contribution >= 0.6 is 0 Å². The van der Waals surface area contributed by atoms with Gasteiger partial charge in [-0.15, -0.1) is 0 Å². The maximum Gasteiger partial charge on any atom is 0.194 e. The molecule has 1 fully saturated rings. The molecular formula is C23H30N4O2S. The third-order valence-electron chi connectivity index (χ3n) is 5.16. The zero-order valence-electron chi connectivity index (χ0n) is 17.7. The molecule has 7 heteroatoms. The van der Waals surface area contributed by atoms with Gasteiger partial charge in [-0.05, 0) is 23.3 Å². The molecule has 0 atom stereocenters. The van der Waals surface area contributed by atoms with E-state index in [0.717, 1.165) is 44.2 Å². The Kier molecular flexibility index (Phi) is 7.65. The zero-order chi connectivity index (χ0) is 21.4. The molecule has 1 heterocycles. The molecular weight excluding hydrogens is 396 g/mol. The number of aliphatic imine (C=N–C) groups is 1. The molecule has 0 bridgehead atoms. The van der Waals surface area contributed by atoms with Crippen LogP contribution in [0.5, 0.6) is 0 Å². The minimum absolute atomic E-state index is 0.341. The molecule has 0 amide bonds. The number of rotatable bonds is 6. The van der Waals surface area contributed by atoms with Gasteiger partial charge in [0, 0.05) is 52.6 Å². The quantitative estimate of drug-likeness (QED) is 0.568. The van der Waals surface area contributed by atoms with Crippen molar-refractivity contribution in [3.63, 3.8) is 0 Å². The van der Waals surface area contributed by atoms with Crippen molar-refractivity contribution >= 4 is 21.9 Å². The van der Waals surface area contributed by atoms with Gasteiger partial charge in [-0.25, -0.2) is 8.42 Å². The van der Waals surface area contributed by atoms with E-state index in [1.807, 2.05) is 18.2 Å². The second-order valence-electron chi connectivity index (χ2n) is 7.42. The summed E-state index contributed by atoms with van der Waals surface area (Å²) in [5, 5.41) is 3.39. The van der Waals surface area contributed by atoms with Gasteiger partial charge in [0.15, 0.2) is 15.8 Å². The van der Waals surface area contributed by atoms with E-state index in [2.05, 4.69) is 56.5 Å². The highest BCUT2D eigenvalue weighted by Gasteiger charge is 2.18. The number of hydrogen-bond acceptors (Lipinski definition) is 4. The van der Waals surface area contributed by atoms with E-state index in [1.165, 1.54) is 11.8 Å². The Morgan fingerprint density at radius 2 is 1.70 bits per heavy atom. The number of nitrogens with one attached hydrogen (secondary N) is 1. The summed E-state index contributed by atoms with van der Waals surface area (Å²) in [6, 6.07) is 17.3. The molecule has 0 radical (unpaired) electrons. The maximum atomic E-state index is 11.6. The minimum Gasteiger partial charge on any atom is -0.352 e. The average Bonchev–Trinajstić information content (AvgIpc) is 2.76. The Hall–Kier alpha value is -2.64. The Labute approximate surface area is 179 Å². The summed E-state index contributed by atoms with van der Waals surface area (Å²) >= 11 is 0. The average molecular weight is 427 g/mol. The molecule has 0 aliphatic carbocycles. The summed E-state index contributed by atoms with van der Waals surface area (Å²) in [7, 11) is -1.37. The summed E-state index contributed by atoms with van der Waals surface area (Å²) < 4.78 is 23.2. The van der Waals surface area contributed by atoms with Gasteiger partial charge in [0.1, 0.15) is 0 Å². The van der Waals surface area contributed by atoms with Crippen molar-refractivity contribution < 1.29 is 8.42 Å². The maximum absolute atomic E-state index is 11.6. The first-order valence-corrected chi connectivity index (χ1v) is 12.0. The molecule has 2 aromatic carbocycles. The van der Waals surface area contributed by atoms with Crippen LogP contribution in [0.25, 0.3) is 6.08 Å². The lowest BCUT2D eigenvalue weighted by atomic mass is 10.2. The number of hydrogen-bond donors (Lipinski definition) is 1. The van der Waals surface area contributed by atoms with E-state index in [0.29, 0.717) is 11.4 Å². The fourth-order valence-electron chi connectivity index (χ4n) is 3.41. The van der Waals surface area contributed by atoms with Crippen molar-refractivity contribution in [2.75, 3.05) is 46.0 Å². The number of benzene rings is 2. The van der Waals surface area contributed by atoms with Crippen molar-refractivity contribution in [1.29, 1.82) is 0 Å². The smallest absolute Gasteiger partial charge is 0.194 e. The van der Waals surface area contributed by atoms with Crippen LogP contribution in [-0.2, 0) is 16.4 Å².